The quantitative estimate of drug-likeness (QED) is 0.717. The highest BCUT2D eigenvalue weighted by Crippen LogP contribution is 2.31. The first-order valence-corrected chi connectivity index (χ1v) is 10.4. The van der Waals surface area contributed by atoms with Crippen LogP contribution in [0.5, 0.6) is 5.75 Å². The van der Waals surface area contributed by atoms with E-state index in [9.17, 15) is 9.59 Å². The first-order valence-electron chi connectivity index (χ1n) is 10.4. The van der Waals surface area contributed by atoms with E-state index >= 15 is 0 Å². The molecular weight excluding hydrogens is 364 g/mol. The Labute approximate surface area is 172 Å². The molecule has 1 fully saturated rings. The van der Waals surface area contributed by atoms with Crippen molar-refractivity contribution >= 4 is 23.2 Å². The van der Waals surface area contributed by atoms with Gasteiger partial charge in [-0.15, -0.1) is 0 Å². The Morgan fingerprint density at radius 3 is 2.07 bits per heavy atom. The summed E-state index contributed by atoms with van der Waals surface area (Å²) in [4.78, 5) is 25.2. The van der Waals surface area contributed by atoms with Gasteiger partial charge in [0.1, 0.15) is 5.75 Å². The van der Waals surface area contributed by atoms with Gasteiger partial charge in [0.05, 0.1) is 6.61 Å². The zero-order chi connectivity index (χ0) is 20.8. The van der Waals surface area contributed by atoms with Gasteiger partial charge < -0.3 is 15.4 Å². The Balaban J connectivity index is 1.49. The lowest BCUT2D eigenvalue weighted by Gasteiger charge is -2.27. The summed E-state index contributed by atoms with van der Waals surface area (Å²) in [5.41, 5.74) is 3.84. The van der Waals surface area contributed by atoms with E-state index in [0.717, 1.165) is 53.9 Å². The molecule has 5 heteroatoms. The van der Waals surface area contributed by atoms with Crippen molar-refractivity contribution in [3.05, 3.63) is 53.6 Å². The van der Waals surface area contributed by atoms with Crippen LogP contribution >= 0.6 is 0 Å². The van der Waals surface area contributed by atoms with Crippen molar-refractivity contribution in [1.29, 1.82) is 0 Å². The van der Waals surface area contributed by atoms with E-state index in [2.05, 4.69) is 10.6 Å². The number of ether oxygens (including phenoxy) is 1. The summed E-state index contributed by atoms with van der Waals surface area (Å²) >= 11 is 0. The van der Waals surface area contributed by atoms with Crippen LogP contribution < -0.4 is 15.4 Å². The van der Waals surface area contributed by atoms with Crippen LogP contribution in [0.15, 0.2) is 42.5 Å². The molecule has 0 heterocycles. The van der Waals surface area contributed by atoms with Gasteiger partial charge in [-0.05, 0) is 87.9 Å². The molecule has 0 atom stereocenters. The normalized spacial score (nSPS) is 18.7. The third-order valence-corrected chi connectivity index (χ3v) is 5.55. The minimum Gasteiger partial charge on any atom is -0.494 e. The predicted octanol–water partition coefficient (Wildman–Crippen LogP) is 5.09. The number of aryl methyl sites for hydroxylation is 2. The number of nitrogens with one attached hydrogen (secondary N) is 2. The summed E-state index contributed by atoms with van der Waals surface area (Å²) < 4.78 is 5.42. The SMILES string of the molecule is CCOc1ccc(NC(=O)C2CCC(C(=O)Nc3cc(C)ccc3C)CC2)cc1. The molecule has 0 aromatic heterocycles. The zero-order valence-electron chi connectivity index (χ0n) is 17.5. The van der Waals surface area contributed by atoms with Crippen LogP contribution in [0, 0.1) is 25.7 Å². The molecule has 0 bridgehead atoms. The molecule has 2 aromatic carbocycles. The molecule has 0 spiro atoms. The molecule has 0 saturated heterocycles. The van der Waals surface area contributed by atoms with E-state index in [0.29, 0.717) is 6.61 Å². The first-order chi connectivity index (χ1) is 14.0. The smallest absolute Gasteiger partial charge is 0.227 e. The number of benzene rings is 2. The van der Waals surface area contributed by atoms with Crippen LogP contribution in [0.2, 0.25) is 0 Å². The largest absolute Gasteiger partial charge is 0.494 e. The monoisotopic (exact) mass is 394 g/mol. The van der Waals surface area contributed by atoms with E-state index < -0.39 is 0 Å². The van der Waals surface area contributed by atoms with Crippen LogP contribution in [-0.2, 0) is 9.59 Å². The molecule has 154 valence electrons. The van der Waals surface area contributed by atoms with E-state index in [1.54, 1.807) is 0 Å². The summed E-state index contributed by atoms with van der Waals surface area (Å²) in [6.45, 7) is 6.57. The summed E-state index contributed by atoms with van der Waals surface area (Å²) in [5, 5.41) is 6.05. The third-order valence-electron chi connectivity index (χ3n) is 5.55. The van der Waals surface area contributed by atoms with Gasteiger partial charge in [0.2, 0.25) is 11.8 Å². The molecule has 1 aliphatic rings. The topological polar surface area (TPSA) is 67.4 Å². The number of rotatable bonds is 6. The summed E-state index contributed by atoms with van der Waals surface area (Å²) in [6, 6.07) is 13.5. The highest BCUT2D eigenvalue weighted by Gasteiger charge is 2.30. The predicted molar refractivity (Wildman–Crippen MR) is 116 cm³/mol. The molecule has 0 unspecified atom stereocenters. The van der Waals surface area contributed by atoms with Crippen molar-refractivity contribution in [2.45, 2.75) is 46.5 Å². The highest BCUT2D eigenvalue weighted by molar-refractivity contribution is 5.95. The standard InChI is InChI=1S/C24H30N2O3/c1-4-29-21-13-11-20(12-14-21)25-23(27)18-7-9-19(10-8-18)24(28)26-22-15-16(2)5-6-17(22)3/h5-6,11-15,18-19H,4,7-10H2,1-3H3,(H,25,27)(H,26,28). The Bertz CT molecular complexity index is 853. The lowest BCUT2D eigenvalue weighted by atomic mass is 9.81. The fourth-order valence-corrected chi connectivity index (χ4v) is 3.77. The number of hydrogen-bond donors (Lipinski definition) is 2. The van der Waals surface area contributed by atoms with Crippen LogP contribution in [0.25, 0.3) is 0 Å². The molecule has 1 saturated carbocycles. The van der Waals surface area contributed by atoms with Crippen molar-refractivity contribution in [3.63, 3.8) is 0 Å². The van der Waals surface area contributed by atoms with Gasteiger partial charge in [-0.3, -0.25) is 9.59 Å². The molecular formula is C24H30N2O3. The van der Waals surface area contributed by atoms with Crippen molar-refractivity contribution in [3.8, 4) is 5.75 Å². The maximum absolute atomic E-state index is 12.7. The Morgan fingerprint density at radius 2 is 1.48 bits per heavy atom. The van der Waals surface area contributed by atoms with Crippen LogP contribution in [0.1, 0.15) is 43.7 Å². The number of anilines is 2. The molecule has 0 radical (unpaired) electrons. The second-order valence-electron chi connectivity index (χ2n) is 7.80. The maximum atomic E-state index is 12.7. The van der Waals surface area contributed by atoms with E-state index in [1.165, 1.54) is 0 Å². The van der Waals surface area contributed by atoms with Crippen molar-refractivity contribution in [2.24, 2.45) is 11.8 Å². The summed E-state index contributed by atoms with van der Waals surface area (Å²) in [7, 11) is 0. The van der Waals surface area contributed by atoms with Gasteiger partial charge in [0, 0.05) is 23.2 Å². The van der Waals surface area contributed by atoms with Crippen molar-refractivity contribution < 1.29 is 14.3 Å². The van der Waals surface area contributed by atoms with Crippen LogP contribution in [0.3, 0.4) is 0 Å². The zero-order valence-corrected chi connectivity index (χ0v) is 17.5. The van der Waals surface area contributed by atoms with Crippen LogP contribution in [0.4, 0.5) is 11.4 Å². The molecule has 2 N–H and O–H groups in total. The van der Waals surface area contributed by atoms with Gasteiger partial charge in [-0.25, -0.2) is 0 Å². The van der Waals surface area contributed by atoms with Crippen molar-refractivity contribution in [2.75, 3.05) is 17.2 Å². The molecule has 5 nitrogen and oxygen atoms in total. The van der Waals surface area contributed by atoms with E-state index in [1.807, 2.05) is 63.2 Å². The fraction of sp³-hybridized carbons (Fsp3) is 0.417. The minimum atomic E-state index is -0.0497. The second-order valence-corrected chi connectivity index (χ2v) is 7.80. The van der Waals surface area contributed by atoms with Gasteiger partial charge >= 0.3 is 0 Å². The second kappa shape index (κ2) is 9.59. The molecule has 2 aromatic rings. The summed E-state index contributed by atoms with van der Waals surface area (Å²) in [6.07, 6.45) is 2.93. The summed E-state index contributed by atoms with van der Waals surface area (Å²) in [5.74, 6) is 0.795. The molecule has 3 rings (SSSR count). The minimum absolute atomic E-state index is 0.0301. The molecule has 29 heavy (non-hydrogen) atoms. The Kier molecular flexibility index (Phi) is 6.91. The van der Waals surface area contributed by atoms with Gasteiger partial charge in [-0.1, -0.05) is 12.1 Å². The first kappa shape index (κ1) is 20.9. The van der Waals surface area contributed by atoms with E-state index in [4.69, 9.17) is 4.74 Å². The third kappa shape index (κ3) is 5.59. The Hall–Kier alpha value is -2.82. The van der Waals surface area contributed by atoms with Gasteiger partial charge in [0.25, 0.3) is 0 Å². The number of carbonyl (C=O) groups is 2. The van der Waals surface area contributed by atoms with E-state index in [-0.39, 0.29) is 23.7 Å². The molecule has 2 amide bonds. The lowest BCUT2D eigenvalue weighted by Crippen LogP contribution is -2.32. The van der Waals surface area contributed by atoms with Crippen LogP contribution in [-0.4, -0.2) is 18.4 Å². The highest BCUT2D eigenvalue weighted by atomic mass is 16.5. The Morgan fingerprint density at radius 1 is 0.897 bits per heavy atom. The average molecular weight is 395 g/mol. The van der Waals surface area contributed by atoms with Gasteiger partial charge in [0.15, 0.2) is 0 Å². The molecule has 1 aliphatic carbocycles. The molecule has 0 aliphatic heterocycles. The average Bonchev–Trinajstić information content (AvgIpc) is 2.72. The lowest BCUT2D eigenvalue weighted by molar-refractivity contribution is -0.125. The number of amides is 2. The maximum Gasteiger partial charge on any atom is 0.227 e. The van der Waals surface area contributed by atoms with Crippen molar-refractivity contribution in [1.82, 2.24) is 0 Å². The fourth-order valence-electron chi connectivity index (χ4n) is 3.77. The van der Waals surface area contributed by atoms with Gasteiger partial charge in [-0.2, -0.15) is 0 Å². The number of hydrogen-bond acceptors (Lipinski definition) is 3. The number of carbonyl (C=O) groups excluding carboxylic acids is 2.